The van der Waals surface area contributed by atoms with E-state index in [1.165, 1.54) is 12.1 Å². The van der Waals surface area contributed by atoms with E-state index >= 15 is 0 Å². The van der Waals surface area contributed by atoms with Crippen molar-refractivity contribution in [1.82, 2.24) is 20.2 Å². The predicted molar refractivity (Wildman–Crippen MR) is 78.4 cm³/mol. The highest BCUT2D eigenvalue weighted by atomic mass is 35.5. The number of aryl methyl sites for hydroxylation is 1. The van der Waals surface area contributed by atoms with Crippen molar-refractivity contribution >= 4 is 34.1 Å². The summed E-state index contributed by atoms with van der Waals surface area (Å²) < 4.78 is 13.4. The van der Waals surface area contributed by atoms with Gasteiger partial charge in [0.15, 0.2) is 5.82 Å². The van der Waals surface area contributed by atoms with Gasteiger partial charge in [0.1, 0.15) is 11.6 Å². The van der Waals surface area contributed by atoms with Gasteiger partial charge in [0, 0.05) is 10.9 Å². The molecule has 0 atom stereocenters. The number of fused-ring (bicyclic) bond motifs is 2. The molecular formula is C14H11ClFN5. The fraction of sp³-hybridized carbons (Fsp3) is 0.214. The normalized spacial score (nSPS) is 13.6. The van der Waals surface area contributed by atoms with Gasteiger partial charge >= 0.3 is 0 Å². The number of rotatable bonds is 2. The van der Waals surface area contributed by atoms with Crippen molar-refractivity contribution in [2.45, 2.75) is 19.3 Å². The fourth-order valence-corrected chi connectivity index (χ4v) is 2.89. The van der Waals surface area contributed by atoms with Gasteiger partial charge < -0.3 is 5.32 Å². The maximum absolute atomic E-state index is 13.4. The van der Waals surface area contributed by atoms with Crippen molar-refractivity contribution in [2.24, 2.45) is 0 Å². The minimum Gasteiger partial charge on any atom is -0.323 e. The molecule has 0 fully saturated rings. The monoisotopic (exact) mass is 303 g/mol. The third-order valence-corrected chi connectivity index (χ3v) is 3.84. The average Bonchev–Trinajstić information content (AvgIpc) is 3.06. The number of hydrogen-bond donors (Lipinski definition) is 2. The maximum atomic E-state index is 13.4. The second kappa shape index (κ2) is 4.66. The van der Waals surface area contributed by atoms with Gasteiger partial charge in [-0.25, -0.2) is 14.4 Å². The van der Waals surface area contributed by atoms with E-state index in [1.807, 2.05) is 0 Å². The molecule has 2 aromatic heterocycles. The Hall–Kier alpha value is -2.21. The molecule has 1 aliphatic carbocycles. The molecule has 0 amide bonds. The van der Waals surface area contributed by atoms with Gasteiger partial charge in [-0.1, -0.05) is 0 Å². The molecule has 106 valence electrons. The quantitative estimate of drug-likeness (QED) is 0.712. The molecule has 1 aromatic carbocycles. The van der Waals surface area contributed by atoms with Crippen LogP contribution in [0.5, 0.6) is 0 Å². The van der Waals surface area contributed by atoms with Crippen LogP contribution < -0.4 is 5.32 Å². The SMILES string of the molecule is Fc1ccc2[nH]nc(Nc3nc(Cl)nc4c3CCC4)c2c1. The van der Waals surface area contributed by atoms with Crippen molar-refractivity contribution in [2.75, 3.05) is 5.32 Å². The summed E-state index contributed by atoms with van der Waals surface area (Å²) in [7, 11) is 0. The molecule has 0 radical (unpaired) electrons. The van der Waals surface area contributed by atoms with Crippen LogP contribution in [-0.4, -0.2) is 20.2 Å². The number of benzene rings is 1. The van der Waals surface area contributed by atoms with Crippen molar-refractivity contribution in [3.8, 4) is 0 Å². The lowest BCUT2D eigenvalue weighted by atomic mass is 10.2. The van der Waals surface area contributed by atoms with Crippen LogP contribution in [0, 0.1) is 5.82 Å². The molecule has 5 nitrogen and oxygen atoms in total. The maximum Gasteiger partial charge on any atom is 0.224 e. The van der Waals surface area contributed by atoms with E-state index in [0.29, 0.717) is 17.0 Å². The van der Waals surface area contributed by atoms with E-state index in [1.54, 1.807) is 6.07 Å². The molecule has 0 unspecified atom stereocenters. The second-order valence-electron chi connectivity index (χ2n) is 5.01. The molecule has 0 spiro atoms. The first kappa shape index (κ1) is 12.5. The van der Waals surface area contributed by atoms with Crippen LogP contribution in [0.2, 0.25) is 5.28 Å². The van der Waals surface area contributed by atoms with Gasteiger partial charge in [-0.3, -0.25) is 5.10 Å². The lowest BCUT2D eigenvalue weighted by Crippen LogP contribution is -2.02. The highest BCUT2D eigenvalue weighted by Crippen LogP contribution is 2.31. The van der Waals surface area contributed by atoms with Crippen LogP contribution in [-0.2, 0) is 12.8 Å². The zero-order chi connectivity index (χ0) is 14.4. The molecule has 0 saturated carbocycles. The average molecular weight is 304 g/mol. The number of anilines is 2. The van der Waals surface area contributed by atoms with Crippen LogP contribution in [0.25, 0.3) is 10.9 Å². The lowest BCUT2D eigenvalue weighted by molar-refractivity contribution is 0.630. The highest BCUT2D eigenvalue weighted by molar-refractivity contribution is 6.28. The predicted octanol–water partition coefficient (Wildman–Crippen LogP) is 3.38. The zero-order valence-corrected chi connectivity index (χ0v) is 11.7. The van der Waals surface area contributed by atoms with Crippen LogP contribution in [0.1, 0.15) is 17.7 Å². The largest absolute Gasteiger partial charge is 0.323 e. The van der Waals surface area contributed by atoms with Crippen molar-refractivity contribution < 1.29 is 4.39 Å². The number of nitrogens with one attached hydrogen (secondary N) is 2. The number of nitrogens with zero attached hydrogens (tertiary/aromatic N) is 3. The summed E-state index contributed by atoms with van der Waals surface area (Å²) in [6, 6.07) is 4.48. The highest BCUT2D eigenvalue weighted by Gasteiger charge is 2.20. The summed E-state index contributed by atoms with van der Waals surface area (Å²) in [6.45, 7) is 0. The second-order valence-corrected chi connectivity index (χ2v) is 5.35. The third kappa shape index (κ3) is 2.12. The van der Waals surface area contributed by atoms with E-state index < -0.39 is 0 Å². The van der Waals surface area contributed by atoms with Gasteiger partial charge in [-0.05, 0) is 49.1 Å². The zero-order valence-electron chi connectivity index (χ0n) is 11.0. The molecular weight excluding hydrogens is 293 g/mol. The van der Waals surface area contributed by atoms with Crippen molar-refractivity contribution in [3.63, 3.8) is 0 Å². The lowest BCUT2D eigenvalue weighted by Gasteiger charge is -2.08. The summed E-state index contributed by atoms with van der Waals surface area (Å²) in [4.78, 5) is 8.49. The van der Waals surface area contributed by atoms with E-state index in [2.05, 4.69) is 25.5 Å². The molecule has 0 bridgehead atoms. The van der Waals surface area contributed by atoms with E-state index in [9.17, 15) is 4.39 Å². The number of H-pyrrole nitrogens is 1. The molecule has 3 aromatic rings. The molecule has 21 heavy (non-hydrogen) atoms. The van der Waals surface area contributed by atoms with Crippen LogP contribution in [0.15, 0.2) is 18.2 Å². The van der Waals surface area contributed by atoms with E-state index in [-0.39, 0.29) is 11.1 Å². The summed E-state index contributed by atoms with van der Waals surface area (Å²) in [5.74, 6) is 0.881. The van der Waals surface area contributed by atoms with Gasteiger partial charge in [0.05, 0.1) is 11.2 Å². The number of halogens is 2. The summed E-state index contributed by atoms with van der Waals surface area (Å²) in [5, 5.41) is 11.1. The number of hydrogen-bond acceptors (Lipinski definition) is 4. The molecule has 2 heterocycles. The third-order valence-electron chi connectivity index (χ3n) is 3.67. The molecule has 2 N–H and O–H groups in total. The van der Waals surface area contributed by atoms with Gasteiger partial charge in [0.25, 0.3) is 0 Å². The summed E-state index contributed by atoms with van der Waals surface area (Å²) >= 11 is 5.96. The number of aromatic nitrogens is 4. The summed E-state index contributed by atoms with van der Waals surface area (Å²) in [5.41, 5.74) is 2.80. The van der Waals surface area contributed by atoms with E-state index in [0.717, 1.165) is 36.0 Å². The first-order valence-electron chi connectivity index (χ1n) is 6.66. The van der Waals surface area contributed by atoms with Gasteiger partial charge in [-0.2, -0.15) is 5.10 Å². The first-order valence-corrected chi connectivity index (χ1v) is 7.04. The Morgan fingerprint density at radius 2 is 2.10 bits per heavy atom. The molecule has 0 aliphatic heterocycles. The molecule has 0 saturated heterocycles. The smallest absolute Gasteiger partial charge is 0.224 e. The van der Waals surface area contributed by atoms with Gasteiger partial charge in [0.2, 0.25) is 5.28 Å². The van der Waals surface area contributed by atoms with Crippen LogP contribution in [0.4, 0.5) is 16.0 Å². The Morgan fingerprint density at radius 1 is 1.19 bits per heavy atom. The van der Waals surface area contributed by atoms with Gasteiger partial charge in [-0.15, -0.1) is 0 Å². The minimum absolute atomic E-state index is 0.212. The topological polar surface area (TPSA) is 66.5 Å². The Kier molecular flexibility index (Phi) is 2.78. The van der Waals surface area contributed by atoms with E-state index in [4.69, 9.17) is 11.6 Å². The number of aromatic amines is 1. The summed E-state index contributed by atoms with van der Waals surface area (Å²) in [6.07, 6.45) is 2.85. The van der Waals surface area contributed by atoms with Crippen molar-refractivity contribution in [1.29, 1.82) is 0 Å². The first-order chi connectivity index (χ1) is 10.2. The Morgan fingerprint density at radius 3 is 3.00 bits per heavy atom. The minimum atomic E-state index is -0.308. The molecule has 1 aliphatic rings. The van der Waals surface area contributed by atoms with Crippen molar-refractivity contribution in [3.05, 3.63) is 40.6 Å². The molecule has 4 rings (SSSR count). The van der Waals surface area contributed by atoms with Crippen LogP contribution in [0.3, 0.4) is 0 Å². The van der Waals surface area contributed by atoms with Crippen LogP contribution >= 0.6 is 11.6 Å². The Bertz CT molecular complexity index is 845. The Balaban J connectivity index is 1.80. The standard InChI is InChI=1S/C14H11ClFN5/c15-14-17-10-3-1-2-8(10)12(19-14)18-13-9-6-7(16)4-5-11(9)20-21-13/h4-6H,1-3H2,(H2,17,18,19,20,21). The Labute approximate surface area is 124 Å². The molecule has 7 heteroatoms. The fourth-order valence-electron chi connectivity index (χ4n) is 2.70.